The number of rotatable bonds is 10. The van der Waals surface area contributed by atoms with E-state index in [1.54, 1.807) is 0 Å². The molecule has 0 spiro atoms. The molecule has 1 aromatic rings. The summed E-state index contributed by atoms with van der Waals surface area (Å²) in [5.41, 5.74) is 1.97. The molecule has 1 rings (SSSR count). The molecule has 0 amide bonds. The molecule has 0 aromatic heterocycles. The standard InChI is InChI=1S/C19H33N3O2.HI/c1-5-20-19(21-12-11-18(15(3)4)24-6-2)22-13-16-9-7-8-10-17(16)14-23;/h7-10,15,18,23H,5-6,11-14H2,1-4H3,(H2,20,21,22);1H. The number of hydrogen-bond donors (Lipinski definition) is 3. The van der Waals surface area contributed by atoms with E-state index in [0.717, 1.165) is 43.2 Å². The van der Waals surface area contributed by atoms with Crippen molar-refractivity contribution in [3.8, 4) is 0 Å². The van der Waals surface area contributed by atoms with Crippen LogP contribution in [0.25, 0.3) is 0 Å². The maximum absolute atomic E-state index is 9.40. The van der Waals surface area contributed by atoms with Crippen LogP contribution < -0.4 is 10.6 Å². The first-order valence-corrected chi connectivity index (χ1v) is 8.93. The van der Waals surface area contributed by atoms with Crippen LogP contribution in [0, 0.1) is 5.92 Å². The second-order valence-electron chi connectivity index (χ2n) is 6.08. The average molecular weight is 463 g/mol. The van der Waals surface area contributed by atoms with Crippen LogP contribution in [0.15, 0.2) is 29.3 Å². The number of nitrogens with zero attached hydrogens (tertiary/aromatic N) is 1. The largest absolute Gasteiger partial charge is 0.392 e. The highest BCUT2D eigenvalue weighted by atomic mass is 127. The molecule has 6 heteroatoms. The highest BCUT2D eigenvalue weighted by Crippen LogP contribution is 2.11. The molecule has 0 aliphatic rings. The van der Waals surface area contributed by atoms with Gasteiger partial charge in [-0.1, -0.05) is 38.1 Å². The summed E-state index contributed by atoms with van der Waals surface area (Å²) in [5.74, 6) is 1.30. The summed E-state index contributed by atoms with van der Waals surface area (Å²) in [4.78, 5) is 4.62. The SMILES string of the molecule is CCNC(=NCc1ccccc1CO)NCCC(OCC)C(C)C.I. The van der Waals surface area contributed by atoms with E-state index in [-0.39, 0.29) is 36.7 Å². The van der Waals surface area contributed by atoms with Crippen molar-refractivity contribution >= 4 is 29.9 Å². The van der Waals surface area contributed by atoms with Gasteiger partial charge in [0.1, 0.15) is 0 Å². The lowest BCUT2D eigenvalue weighted by Gasteiger charge is -2.21. The molecule has 1 unspecified atom stereocenters. The lowest BCUT2D eigenvalue weighted by atomic mass is 10.0. The third-order valence-corrected chi connectivity index (χ3v) is 3.89. The Hall–Kier alpha value is -0.860. The van der Waals surface area contributed by atoms with Gasteiger partial charge in [-0.05, 0) is 37.3 Å². The van der Waals surface area contributed by atoms with Gasteiger partial charge in [0, 0.05) is 19.7 Å². The molecule has 1 atom stereocenters. The van der Waals surface area contributed by atoms with Gasteiger partial charge < -0.3 is 20.5 Å². The molecular formula is C19H34IN3O2. The van der Waals surface area contributed by atoms with Crippen molar-refractivity contribution in [3.63, 3.8) is 0 Å². The number of aliphatic hydroxyl groups is 1. The number of benzene rings is 1. The molecule has 0 bridgehead atoms. The predicted octanol–water partition coefficient (Wildman–Crippen LogP) is 3.30. The Bertz CT molecular complexity index is 495. The third-order valence-electron chi connectivity index (χ3n) is 3.89. The van der Waals surface area contributed by atoms with Gasteiger partial charge in [0.25, 0.3) is 0 Å². The minimum absolute atomic E-state index is 0. The number of aliphatic hydroxyl groups excluding tert-OH is 1. The minimum Gasteiger partial charge on any atom is -0.392 e. The smallest absolute Gasteiger partial charge is 0.191 e. The maximum atomic E-state index is 9.40. The molecule has 25 heavy (non-hydrogen) atoms. The zero-order valence-electron chi connectivity index (χ0n) is 15.9. The number of nitrogens with one attached hydrogen (secondary N) is 2. The van der Waals surface area contributed by atoms with Crippen LogP contribution in [0.3, 0.4) is 0 Å². The molecule has 0 heterocycles. The Labute approximate surface area is 169 Å². The lowest BCUT2D eigenvalue weighted by molar-refractivity contribution is 0.0258. The first-order chi connectivity index (χ1) is 11.6. The van der Waals surface area contributed by atoms with E-state index in [4.69, 9.17) is 4.74 Å². The van der Waals surface area contributed by atoms with E-state index in [9.17, 15) is 5.11 Å². The number of guanidine groups is 1. The third kappa shape index (κ3) is 9.42. The zero-order chi connectivity index (χ0) is 17.8. The second-order valence-corrected chi connectivity index (χ2v) is 6.08. The van der Waals surface area contributed by atoms with Gasteiger partial charge in [-0.15, -0.1) is 24.0 Å². The second kappa shape index (κ2) is 14.3. The van der Waals surface area contributed by atoms with Gasteiger partial charge in [-0.3, -0.25) is 0 Å². The summed E-state index contributed by atoms with van der Waals surface area (Å²) in [6.07, 6.45) is 1.21. The van der Waals surface area contributed by atoms with Crippen molar-refractivity contribution in [2.45, 2.75) is 53.4 Å². The Morgan fingerprint density at radius 2 is 1.84 bits per heavy atom. The summed E-state index contributed by atoms with van der Waals surface area (Å²) in [5, 5.41) is 16.0. The molecule has 5 nitrogen and oxygen atoms in total. The summed E-state index contributed by atoms with van der Waals surface area (Å²) < 4.78 is 5.78. The summed E-state index contributed by atoms with van der Waals surface area (Å²) >= 11 is 0. The molecule has 1 aromatic carbocycles. The minimum atomic E-state index is 0. The molecular weight excluding hydrogens is 429 g/mol. The molecule has 0 fully saturated rings. The number of ether oxygens (including phenoxy) is 1. The number of aliphatic imine (C=N–C) groups is 1. The van der Waals surface area contributed by atoms with Gasteiger partial charge >= 0.3 is 0 Å². The highest BCUT2D eigenvalue weighted by molar-refractivity contribution is 14.0. The fourth-order valence-electron chi connectivity index (χ4n) is 2.53. The van der Waals surface area contributed by atoms with Crippen LogP contribution in [-0.4, -0.2) is 36.9 Å². The fourth-order valence-corrected chi connectivity index (χ4v) is 2.53. The quantitative estimate of drug-likeness (QED) is 0.283. The molecule has 0 radical (unpaired) electrons. The Balaban J connectivity index is 0.00000576. The lowest BCUT2D eigenvalue weighted by Crippen LogP contribution is -2.39. The van der Waals surface area contributed by atoms with Gasteiger partial charge in [0.15, 0.2) is 5.96 Å². The highest BCUT2D eigenvalue weighted by Gasteiger charge is 2.13. The van der Waals surface area contributed by atoms with E-state index in [0.29, 0.717) is 12.5 Å². The van der Waals surface area contributed by atoms with Crippen molar-refractivity contribution in [1.29, 1.82) is 0 Å². The number of hydrogen-bond acceptors (Lipinski definition) is 3. The fraction of sp³-hybridized carbons (Fsp3) is 0.632. The van der Waals surface area contributed by atoms with Crippen LogP contribution in [-0.2, 0) is 17.9 Å². The van der Waals surface area contributed by atoms with Gasteiger partial charge in [0.2, 0.25) is 0 Å². The van der Waals surface area contributed by atoms with Gasteiger partial charge in [0.05, 0.1) is 19.3 Å². The topological polar surface area (TPSA) is 65.9 Å². The molecule has 0 saturated carbocycles. The Morgan fingerprint density at radius 3 is 2.40 bits per heavy atom. The Kier molecular flexibility index (Phi) is 13.8. The summed E-state index contributed by atoms with van der Waals surface area (Å²) in [7, 11) is 0. The van der Waals surface area contributed by atoms with Gasteiger partial charge in [-0.25, -0.2) is 4.99 Å². The van der Waals surface area contributed by atoms with Crippen LogP contribution >= 0.6 is 24.0 Å². The Morgan fingerprint density at radius 1 is 1.16 bits per heavy atom. The summed E-state index contributed by atoms with van der Waals surface area (Å²) in [6.45, 7) is 11.4. The van der Waals surface area contributed by atoms with Crippen molar-refractivity contribution in [1.82, 2.24) is 10.6 Å². The van der Waals surface area contributed by atoms with Crippen LogP contribution in [0.2, 0.25) is 0 Å². The first-order valence-electron chi connectivity index (χ1n) is 8.93. The van der Waals surface area contributed by atoms with Crippen molar-refractivity contribution in [3.05, 3.63) is 35.4 Å². The van der Waals surface area contributed by atoms with Crippen molar-refractivity contribution < 1.29 is 9.84 Å². The molecule has 144 valence electrons. The molecule has 3 N–H and O–H groups in total. The van der Waals surface area contributed by atoms with Crippen molar-refractivity contribution in [2.24, 2.45) is 10.9 Å². The van der Waals surface area contributed by atoms with E-state index in [1.807, 2.05) is 31.2 Å². The van der Waals surface area contributed by atoms with Crippen LogP contribution in [0.5, 0.6) is 0 Å². The van der Waals surface area contributed by atoms with E-state index < -0.39 is 0 Å². The number of halogens is 1. The predicted molar refractivity (Wildman–Crippen MR) is 115 cm³/mol. The summed E-state index contributed by atoms with van der Waals surface area (Å²) in [6, 6.07) is 7.84. The first kappa shape index (κ1) is 24.1. The average Bonchev–Trinajstić information content (AvgIpc) is 2.58. The molecule has 0 aliphatic heterocycles. The van der Waals surface area contributed by atoms with E-state index in [2.05, 4.69) is 36.4 Å². The maximum Gasteiger partial charge on any atom is 0.191 e. The van der Waals surface area contributed by atoms with Crippen LogP contribution in [0.1, 0.15) is 45.2 Å². The molecule has 0 aliphatic carbocycles. The van der Waals surface area contributed by atoms with Gasteiger partial charge in [-0.2, -0.15) is 0 Å². The molecule has 0 saturated heterocycles. The monoisotopic (exact) mass is 463 g/mol. The normalized spacial score (nSPS) is 12.6. The zero-order valence-corrected chi connectivity index (χ0v) is 18.2. The van der Waals surface area contributed by atoms with E-state index >= 15 is 0 Å². The van der Waals surface area contributed by atoms with E-state index in [1.165, 1.54) is 0 Å². The van der Waals surface area contributed by atoms with Crippen LogP contribution in [0.4, 0.5) is 0 Å². The van der Waals surface area contributed by atoms with Crippen molar-refractivity contribution in [2.75, 3.05) is 19.7 Å².